The Morgan fingerprint density at radius 1 is 1.09 bits per heavy atom. The number of phenols is 3. The summed E-state index contributed by atoms with van der Waals surface area (Å²) in [6.07, 6.45) is 0. The minimum atomic E-state index is -0.426. The van der Waals surface area contributed by atoms with Crippen LogP contribution >= 0.6 is 0 Å². The summed E-state index contributed by atoms with van der Waals surface area (Å²) in [5.74, 6) is -1.13. The van der Waals surface area contributed by atoms with E-state index in [0.717, 1.165) is 12.1 Å². The van der Waals surface area contributed by atoms with E-state index in [1.54, 1.807) is 6.07 Å². The fraction of sp³-hybridized carbons (Fsp3) is 0. The van der Waals surface area contributed by atoms with Crippen molar-refractivity contribution >= 4 is 0 Å². The van der Waals surface area contributed by atoms with Crippen molar-refractivity contribution in [3.05, 3.63) is 17.7 Å². The first-order chi connectivity index (χ1) is 5.15. The molecule has 56 valence electrons. The molecule has 0 unspecified atom stereocenters. The first kappa shape index (κ1) is 7.22. The molecular weight excluding hydrogens is 146 g/mol. The molecule has 0 heterocycles. The van der Waals surface area contributed by atoms with E-state index < -0.39 is 11.5 Å². The molecule has 1 rings (SSSR count). The number of aromatic hydroxyl groups is 3. The first-order valence-corrected chi connectivity index (χ1v) is 2.80. The van der Waals surface area contributed by atoms with Gasteiger partial charge in [-0.2, -0.15) is 5.26 Å². The van der Waals surface area contributed by atoms with Gasteiger partial charge in [-0.15, -0.1) is 0 Å². The van der Waals surface area contributed by atoms with Crippen molar-refractivity contribution in [2.24, 2.45) is 0 Å². The predicted molar refractivity (Wildman–Crippen MR) is 36.2 cm³/mol. The van der Waals surface area contributed by atoms with Gasteiger partial charge < -0.3 is 15.3 Å². The number of rotatable bonds is 0. The van der Waals surface area contributed by atoms with Crippen LogP contribution in [0.5, 0.6) is 17.2 Å². The minimum absolute atomic E-state index is 0.234. The van der Waals surface area contributed by atoms with Gasteiger partial charge in [0.05, 0.1) is 0 Å². The number of hydrogen-bond acceptors (Lipinski definition) is 4. The molecule has 0 radical (unpaired) electrons. The van der Waals surface area contributed by atoms with E-state index in [2.05, 4.69) is 0 Å². The predicted octanol–water partition coefficient (Wildman–Crippen LogP) is 0.675. The molecule has 0 saturated heterocycles. The summed E-state index contributed by atoms with van der Waals surface area (Å²) in [6.45, 7) is 0. The maximum Gasteiger partial charge on any atom is 0.140 e. The highest BCUT2D eigenvalue weighted by atomic mass is 16.3. The van der Waals surface area contributed by atoms with E-state index in [-0.39, 0.29) is 11.3 Å². The minimum Gasteiger partial charge on any atom is -0.508 e. The van der Waals surface area contributed by atoms with E-state index in [1.807, 2.05) is 0 Å². The maximum atomic E-state index is 8.93. The Balaban J connectivity index is 3.40. The molecule has 1 aromatic carbocycles. The van der Waals surface area contributed by atoms with Gasteiger partial charge in [-0.25, -0.2) is 0 Å². The fourth-order valence-electron chi connectivity index (χ4n) is 0.712. The van der Waals surface area contributed by atoms with Gasteiger partial charge in [0.2, 0.25) is 0 Å². The Labute approximate surface area is 62.6 Å². The summed E-state index contributed by atoms with van der Waals surface area (Å²) in [6, 6.07) is 3.55. The average Bonchev–Trinajstić information content (AvgIpc) is 1.85. The van der Waals surface area contributed by atoms with Gasteiger partial charge >= 0.3 is 0 Å². The van der Waals surface area contributed by atoms with Crippen molar-refractivity contribution in [1.82, 2.24) is 0 Å². The topological polar surface area (TPSA) is 84.5 Å². The molecule has 0 aliphatic rings. The van der Waals surface area contributed by atoms with Crippen LogP contribution in [0.4, 0.5) is 0 Å². The molecule has 4 nitrogen and oxygen atoms in total. The van der Waals surface area contributed by atoms with Crippen molar-refractivity contribution in [3.63, 3.8) is 0 Å². The fourth-order valence-corrected chi connectivity index (χ4v) is 0.712. The molecule has 0 aliphatic heterocycles. The lowest BCUT2D eigenvalue weighted by Gasteiger charge is -1.99. The molecular formula is C7H5NO3. The van der Waals surface area contributed by atoms with Crippen molar-refractivity contribution in [3.8, 4) is 23.3 Å². The Morgan fingerprint density at radius 3 is 1.91 bits per heavy atom. The van der Waals surface area contributed by atoms with E-state index in [4.69, 9.17) is 20.6 Å². The van der Waals surface area contributed by atoms with Gasteiger partial charge in [-0.1, -0.05) is 0 Å². The summed E-state index contributed by atoms with van der Waals surface area (Å²) < 4.78 is 0. The quantitative estimate of drug-likeness (QED) is 0.508. The standard InChI is InChI=1S/C7H5NO3/c8-3-5-6(10)1-4(9)2-7(5)11/h1-2,9-11H. The highest BCUT2D eigenvalue weighted by molar-refractivity contribution is 5.55. The Bertz CT molecular complexity index is 304. The van der Waals surface area contributed by atoms with Gasteiger partial charge in [0.25, 0.3) is 0 Å². The molecule has 0 aromatic heterocycles. The summed E-state index contributed by atoms with van der Waals surface area (Å²) in [7, 11) is 0. The maximum absolute atomic E-state index is 8.93. The third kappa shape index (κ3) is 1.17. The van der Waals surface area contributed by atoms with Crippen molar-refractivity contribution in [1.29, 1.82) is 5.26 Å². The van der Waals surface area contributed by atoms with Crippen molar-refractivity contribution in [2.45, 2.75) is 0 Å². The summed E-state index contributed by atoms with van der Waals surface area (Å²) >= 11 is 0. The zero-order valence-electron chi connectivity index (χ0n) is 5.44. The number of hydrogen-bond donors (Lipinski definition) is 3. The molecule has 0 fully saturated rings. The zero-order chi connectivity index (χ0) is 8.43. The Kier molecular flexibility index (Phi) is 1.57. The smallest absolute Gasteiger partial charge is 0.140 e. The molecule has 0 atom stereocenters. The van der Waals surface area contributed by atoms with Crippen LogP contribution in [0.15, 0.2) is 12.1 Å². The summed E-state index contributed by atoms with van der Waals surface area (Å²) in [5, 5.41) is 35.0. The van der Waals surface area contributed by atoms with Crippen LogP contribution in [0.1, 0.15) is 5.56 Å². The first-order valence-electron chi connectivity index (χ1n) is 2.80. The van der Waals surface area contributed by atoms with E-state index >= 15 is 0 Å². The molecule has 0 amide bonds. The third-order valence-electron chi connectivity index (χ3n) is 1.19. The molecule has 0 aliphatic carbocycles. The van der Waals surface area contributed by atoms with Crippen LogP contribution in [-0.2, 0) is 0 Å². The average molecular weight is 151 g/mol. The summed E-state index contributed by atoms with van der Waals surface area (Å²) in [5.41, 5.74) is -0.234. The molecule has 0 bridgehead atoms. The van der Waals surface area contributed by atoms with Gasteiger partial charge in [0.15, 0.2) is 0 Å². The second-order valence-electron chi connectivity index (χ2n) is 1.97. The van der Waals surface area contributed by atoms with Crippen LogP contribution in [0.2, 0.25) is 0 Å². The third-order valence-corrected chi connectivity index (χ3v) is 1.19. The number of phenolic OH excluding ortho intramolecular Hbond substituents is 3. The molecule has 11 heavy (non-hydrogen) atoms. The highest BCUT2D eigenvalue weighted by Crippen LogP contribution is 2.30. The lowest BCUT2D eigenvalue weighted by Crippen LogP contribution is -1.77. The van der Waals surface area contributed by atoms with E-state index in [0.29, 0.717) is 0 Å². The SMILES string of the molecule is N#Cc1c(O)cc(O)cc1O. The van der Waals surface area contributed by atoms with Crippen molar-refractivity contribution < 1.29 is 15.3 Å². The monoisotopic (exact) mass is 151 g/mol. The molecule has 0 spiro atoms. The molecule has 3 N–H and O–H groups in total. The molecule has 4 heteroatoms. The largest absolute Gasteiger partial charge is 0.508 e. The second-order valence-corrected chi connectivity index (χ2v) is 1.97. The van der Waals surface area contributed by atoms with Gasteiger partial charge in [-0.3, -0.25) is 0 Å². The van der Waals surface area contributed by atoms with Crippen LogP contribution in [0, 0.1) is 11.3 Å². The highest BCUT2D eigenvalue weighted by Gasteiger charge is 2.07. The lowest BCUT2D eigenvalue weighted by atomic mass is 10.2. The van der Waals surface area contributed by atoms with Crippen LogP contribution in [0.25, 0.3) is 0 Å². The van der Waals surface area contributed by atoms with Gasteiger partial charge in [0, 0.05) is 12.1 Å². The van der Waals surface area contributed by atoms with Crippen LogP contribution in [0.3, 0.4) is 0 Å². The van der Waals surface area contributed by atoms with Gasteiger partial charge in [0.1, 0.15) is 28.9 Å². The van der Waals surface area contributed by atoms with E-state index in [1.165, 1.54) is 0 Å². The molecule has 1 aromatic rings. The van der Waals surface area contributed by atoms with Crippen LogP contribution < -0.4 is 0 Å². The van der Waals surface area contributed by atoms with Crippen molar-refractivity contribution in [2.75, 3.05) is 0 Å². The Morgan fingerprint density at radius 2 is 1.55 bits per heavy atom. The Hall–Kier alpha value is -1.89. The van der Waals surface area contributed by atoms with Crippen LogP contribution in [-0.4, -0.2) is 15.3 Å². The number of benzene rings is 1. The normalized spacial score (nSPS) is 9.00. The van der Waals surface area contributed by atoms with Gasteiger partial charge in [-0.05, 0) is 0 Å². The summed E-state index contributed by atoms with van der Waals surface area (Å²) in [4.78, 5) is 0. The zero-order valence-corrected chi connectivity index (χ0v) is 5.44. The molecule has 0 saturated carbocycles. The lowest BCUT2D eigenvalue weighted by molar-refractivity contribution is 0.426. The van der Waals surface area contributed by atoms with E-state index in [9.17, 15) is 0 Å². The number of nitrogens with zero attached hydrogens (tertiary/aromatic N) is 1. The second kappa shape index (κ2) is 2.39. The number of nitriles is 1.